The lowest BCUT2D eigenvalue weighted by Crippen LogP contribution is -2.30. The molecule has 0 spiro atoms. The van der Waals surface area contributed by atoms with Gasteiger partial charge < -0.3 is 4.52 Å². The molecule has 2 aromatic rings. The molecule has 0 amide bonds. The van der Waals surface area contributed by atoms with Crippen LogP contribution in [0.4, 0.5) is 0 Å². The molecule has 0 N–H and O–H groups in total. The molecule has 0 unspecified atom stereocenters. The molecule has 3 rings (SSSR count). The van der Waals surface area contributed by atoms with E-state index in [1.165, 1.54) is 4.31 Å². The first kappa shape index (κ1) is 15.1. The molecule has 0 saturated carbocycles. The lowest BCUT2D eigenvalue weighted by molar-refractivity contribution is 0.414. The fraction of sp³-hybridized carbons (Fsp3) is 0.500. The average Bonchev–Trinajstić information content (AvgIpc) is 3.17. The topological polar surface area (TPSA) is 89.2 Å². The second-order valence-electron chi connectivity index (χ2n) is 5.35. The van der Waals surface area contributed by atoms with Crippen LogP contribution >= 0.6 is 0 Å². The third-order valence-corrected chi connectivity index (χ3v) is 5.78. The second-order valence-corrected chi connectivity index (χ2v) is 7.44. The zero-order valence-electron chi connectivity index (χ0n) is 12.3. The molecule has 22 heavy (non-hydrogen) atoms. The molecule has 2 aromatic heterocycles. The van der Waals surface area contributed by atoms with Gasteiger partial charge in [-0.25, -0.2) is 12.7 Å². The maximum absolute atomic E-state index is 12.1. The highest BCUT2D eigenvalue weighted by Crippen LogP contribution is 2.28. The Labute approximate surface area is 129 Å². The molecule has 1 atom stereocenters. The lowest BCUT2D eigenvalue weighted by Gasteiger charge is -2.14. The molecular weight excluding hydrogens is 304 g/mol. The Morgan fingerprint density at radius 1 is 1.36 bits per heavy atom. The van der Waals surface area contributed by atoms with Crippen molar-refractivity contribution in [3.63, 3.8) is 0 Å². The first-order chi connectivity index (χ1) is 10.6. The Balaban J connectivity index is 1.73. The summed E-state index contributed by atoms with van der Waals surface area (Å²) in [5.41, 5.74) is 0.808. The van der Waals surface area contributed by atoms with Gasteiger partial charge in [-0.2, -0.15) is 4.98 Å². The Kier molecular flexibility index (Phi) is 4.21. The first-order valence-electron chi connectivity index (χ1n) is 7.32. The Morgan fingerprint density at radius 3 is 2.86 bits per heavy atom. The number of pyridine rings is 1. The number of aromatic nitrogens is 3. The van der Waals surface area contributed by atoms with Gasteiger partial charge in [0.1, 0.15) is 0 Å². The van der Waals surface area contributed by atoms with Crippen molar-refractivity contribution in [3.8, 4) is 11.5 Å². The minimum atomic E-state index is -3.16. The highest BCUT2D eigenvalue weighted by Gasteiger charge is 2.34. The van der Waals surface area contributed by atoms with Crippen molar-refractivity contribution in [3.05, 3.63) is 30.4 Å². The standard InChI is InChI=1S/C14H18N4O3S/c1-2-9-22(19,20)18-8-5-12(10-18)13-16-14(21-17-13)11-3-6-15-7-4-11/h3-4,6-7,12H,2,5,8-10H2,1H3/t12-/m0/s1. The second kappa shape index (κ2) is 6.13. The summed E-state index contributed by atoms with van der Waals surface area (Å²) >= 11 is 0. The third kappa shape index (κ3) is 3.02. The van der Waals surface area contributed by atoms with Crippen molar-refractivity contribution in [1.29, 1.82) is 0 Å². The minimum absolute atomic E-state index is 0.00836. The van der Waals surface area contributed by atoms with Crippen LogP contribution in [-0.4, -0.2) is 46.7 Å². The van der Waals surface area contributed by atoms with Gasteiger partial charge in [-0.05, 0) is 25.0 Å². The van der Waals surface area contributed by atoms with Gasteiger partial charge in [-0.15, -0.1) is 0 Å². The van der Waals surface area contributed by atoms with E-state index in [1.54, 1.807) is 24.5 Å². The molecule has 1 aliphatic heterocycles. The summed E-state index contributed by atoms with van der Waals surface area (Å²) in [6, 6.07) is 3.59. The van der Waals surface area contributed by atoms with E-state index >= 15 is 0 Å². The molecule has 1 aliphatic rings. The molecule has 8 heteroatoms. The summed E-state index contributed by atoms with van der Waals surface area (Å²) in [6.07, 6.45) is 4.66. The maximum atomic E-state index is 12.1. The van der Waals surface area contributed by atoms with Gasteiger partial charge in [-0.1, -0.05) is 12.1 Å². The summed E-state index contributed by atoms with van der Waals surface area (Å²) in [7, 11) is -3.16. The fourth-order valence-corrected chi connectivity index (χ4v) is 4.16. The van der Waals surface area contributed by atoms with Crippen LogP contribution < -0.4 is 0 Å². The van der Waals surface area contributed by atoms with Gasteiger partial charge in [0.15, 0.2) is 5.82 Å². The highest BCUT2D eigenvalue weighted by molar-refractivity contribution is 7.89. The van der Waals surface area contributed by atoms with Gasteiger partial charge in [0.2, 0.25) is 10.0 Å². The van der Waals surface area contributed by atoms with Gasteiger partial charge in [0, 0.05) is 37.0 Å². The molecule has 7 nitrogen and oxygen atoms in total. The fourth-order valence-electron chi connectivity index (χ4n) is 2.59. The summed E-state index contributed by atoms with van der Waals surface area (Å²) in [5.74, 6) is 1.19. The van der Waals surface area contributed by atoms with Gasteiger partial charge in [-0.3, -0.25) is 4.98 Å². The van der Waals surface area contributed by atoms with E-state index in [4.69, 9.17) is 4.52 Å². The van der Waals surface area contributed by atoms with E-state index in [-0.39, 0.29) is 11.7 Å². The van der Waals surface area contributed by atoms with E-state index < -0.39 is 10.0 Å². The predicted octanol–water partition coefficient (Wildman–Crippen LogP) is 1.66. The van der Waals surface area contributed by atoms with Gasteiger partial charge >= 0.3 is 0 Å². The monoisotopic (exact) mass is 322 g/mol. The van der Waals surface area contributed by atoms with Crippen molar-refractivity contribution in [1.82, 2.24) is 19.4 Å². The SMILES string of the molecule is CCCS(=O)(=O)N1CC[C@H](c2noc(-c3ccncc3)n2)C1. The van der Waals surface area contributed by atoms with Crippen LogP contribution in [0.25, 0.3) is 11.5 Å². The van der Waals surface area contributed by atoms with Crippen LogP contribution in [0.3, 0.4) is 0 Å². The molecular formula is C14H18N4O3S. The molecule has 118 valence electrons. The number of rotatable bonds is 5. The van der Waals surface area contributed by atoms with Crippen molar-refractivity contribution in [2.45, 2.75) is 25.7 Å². The highest BCUT2D eigenvalue weighted by atomic mass is 32.2. The van der Waals surface area contributed by atoms with E-state index in [1.807, 2.05) is 6.92 Å². The lowest BCUT2D eigenvalue weighted by atomic mass is 10.1. The van der Waals surface area contributed by atoms with Crippen molar-refractivity contribution < 1.29 is 12.9 Å². The molecule has 0 bridgehead atoms. The smallest absolute Gasteiger partial charge is 0.258 e. The van der Waals surface area contributed by atoms with E-state index in [0.717, 1.165) is 12.0 Å². The Morgan fingerprint density at radius 2 is 2.14 bits per heavy atom. The largest absolute Gasteiger partial charge is 0.334 e. The van der Waals surface area contributed by atoms with Gasteiger partial charge in [0.05, 0.1) is 5.75 Å². The summed E-state index contributed by atoms with van der Waals surface area (Å²) in [5, 5.41) is 4.01. The van der Waals surface area contributed by atoms with Gasteiger partial charge in [0.25, 0.3) is 5.89 Å². The first-order valence-corrected chi connectivity index (χ1v) is 8.93. The molecule has 0 aliphatic carbocycles. The van der Waals surface area contributed by atoms with Crippen LogP contribution in [0.5, 0.6) is 0 Å². The normalized spacial score (nSPS) is 19.6. The van der Waals surface area contributed by atoms with Crippen molar-refractivity contribution in [2.24, 2.45) is 0 Å². The Bertz CT molecular complexity index is 730. The molecule has 1 saturated heterocycles. The minimum Gasteiger partial charge on any atom is -0.334 e. The van der Waals surface area contributed by atoms with Crippen LogP contribution in [-0.2, 0) is 10.0 Å². The molecule has 0 radical (unpaired) electrons. The van der Waals surface area contributed by atoms with E-state index in [9.17, 15) is 8.42 Å². The van der Waals surface area contributed by atoms with Crippen LogP contribution in [0.1, 0.15) is 31.5 Å². The summed E-state index contributed by atoms with van der Waals surface area (Å²) in [6.45, 7) is 2.81. The van der Waals surface area contributed by atoms with Crippen LogP contribution in [0.15, 0.2) is 29.0 Å². The van der Waals surface area contributed by atoms with Crippen molar-refractivity contribution in [2.75, 3.05) is 18.8 Å². The molecule has 1 fully saturated rings. The van der Waals surface area contributed by atoms with E-state index in [2.05, 4.69) is 15.1 Å². The molecule has 0 aromatic carbocycles. The van der Waals surface area contributed by atoms with Crippen LogP contribution in [0, 0.1) is 0 Å². The number of hydrogen-bond acceptors (Lipinski definition) is 6. The number of sulfonamides is 1. The maximum Gasteiger partial charge on any atom is 0.258 e. The molecule has 3 heterocycles. The number of nitrogens with zero attached hydrogens (tertiary/aromatic N) is 4. The Hall–Kier alpha value is -1.80. The number of hydrogen-bond donors (Lipinski definition) is 0. The van der Waals surface area contributed by atoms with E-state index in [0.29, 0.717) is 31.2 Å². The van der Waals surface area contributed by atoms with Crippen molar-refractivity contribution >= 4 is 10.0 Å². The summed E-state index contributed by atoms with van der Waals surface area (Å²) in [4.78, 5) is 8.34. The zero-order valence-corrected chi connectivity index (χ0v) is 13.2. The third-order valence-electron chi connectivity index (χ3n) is 3.74. The van der Waals surface area contributed by atoms with Crippen LogP contribution in [0.2, 0.25) is 0 Å². The average molecular weight is 322 g/mol. The zero-order chi connectivity index (χ0) is 15.6. The quantitative estimate of drug-likeness (QED) is 0.831. The summed E-state index contributed by atoms with van der Waals surface area (Å²) < 4.78 is 31.0. The predicted molar refractivity (Wildman–Crippen MR) is 80.5 cm³/mol.